The summed E-state index contributed by atoms with van der Waals surface area (Å²) in [7, 11) is 1.34. The van der Waals surface area contributed by atoms with Gasteiger partial charge in [-0.25, -0.2) is 9.79 Å². The fourth-order valence-corrected chi connectivity index (χ4v) is 1.58. The van der Waals surface area contributed by atoms with Crippen LogP contribution < -0.4 is 11.1 Å². The standard InChI is InChI=1S/C12H17N3O3/c1-7-10(11(16)17-2)5-9(18-7)6-14-12(13)15-8-3-4-8/h5,8H,3-4,6H2,1-2H3,(H3,13,14,15). The Bertz CT molecular complexity index is 475. The van der Waals surface area contributed by atoms with Gasteiger partial charge >= 0.3 is 5.97 Å². The van der Waals surface area contributed by atoms with Crippen molar-refractivity contribution in [2.24, 2.45) is 10.7 Å². The monoisotopic (exact) mass is 251 g/mol. The van der Waals surface area contributed by atoms with Crippen molar-refractivity contribution >= 4 is 11.9 Å². The van der Waals surface area contributed by atoms with Gasteiger partial charge in [0, 0.05) is 6.04 Å². The van der Waals surface area contributed by atoms with Gasteiger partial charge in [-0.2, -0.15) is 0 Å². The number of nitrogens with one attached hydrogen (secondary N) is 1. The number of methoxy groups -OCH3 is 1. The van der Waals surface area contributed by atoms with E-state index in [2.05, 4.69) is 15.0 Å². The van der Waals surface area contributed by atoms with Crippen molar-refractivity contribution in [3.8, 4) is 0 Å². The molecule has 0 aliphatic heterocycles. The van der Waals surface area contributed by atoms with Gasteiger partial charge in [-0.1, -0.05) is 0 Å². The van der Waals surface area contributed by atoms with Crippen LogP contribution in [0.5, 0.6) is 0 Å². The van der Waals surface area contributed by atoms with Crippen LogP contribution in [-0.2, 0) is 11.3 Å². The highest BCUT2D eigenvalue weighted by Gasteiger charge is 2.21. The summed E-state index contributed by atoms with van der Waals surface area (Å²) in [5.41, 5.74) is 6.13. The molecule has 1 aromatic heterocycles. The van der Waals surface area contributed by atoms with Crippen LogP contribution in [0, 0.1) is 6.92 Å². The zero-order valence-electron chi connectivity index (χ0n) is 10.5. The summed E-state index contributed by atoms with van der Waals surface area (Å²) in [5.74, 6) is 1.12. The highest BCUT2D eigenvalue weighted by molar-refractivity contribution is 5.90. The summed E-state index contributed by atoms with van der Waals surface area (Å²) in [4.78, 5) is 15.5. The second-order valence-electron chi connectivity index (χ2n) is 4.29. The second kappa shape index (κ2) is 5.12. The summed E-state index contributed by atoms with van der Waals surface area (Å²) in [6.07, 6.45) is 2.28. The highest BCUT2D eigenvalue weighted by Crippen LogP contribution is 2.18. The zero-order valence-corrected chi connectivity index (χ0v) is 10.5. The molecule has 1 saturated carbocycles. The molecule has 0 amide bonds. The van der Waals surface area contributed by atoms with E-state index in [9.17, 15) is 4.79 Å². The lowest BCUT2D eigenvalue weighted by molar-refractivity contribution is 0.0599. The summed E-state index contributed by atoms with van der Waals surface area (Å²) in [5, 5.41) is 3.07. The third-order valence-electron chi connectivity index (χ3n) is 2.71. The van der Waals surface area contributed by atoms with Gasteiger partial charge in [0.2, 0.25) is 0 Å². The first kappa shape index (κ1) is 12.5. The average molecular weight is 251 g/mol. The van der Waals surface area contributed by atoms with E-state index < -0.39 is 5.97 Å². The van der Waals surface area contributed by atoms with Gasteiger partial charge in [-0.05, 0) is 25.8 Å². The Morgan fingerprint density at radius 1 is 1.67 bits per heavy atom. The molecule has 6 heteroatoms. The number of aliphatic imine (C=N–C) groups is 1. The predicted molar refractivity (Wildman–Crippen MR) is 66.3 cm³/mol. The minimum absolute atomic E-state index is 0.309. The van der Waals surface area contributed by atoms with Crippen molar-refractivity contribution in [1.82, 2.24) is 5.32 Å². The van der Waals surface area contributed by atoms with Crippen LogP contribution in [-0.4, -0.2) is 25.1 Å². The summed E-state index contributed by atoms with van der Waals surface area (Å²) >= 11 is 0. The molecule has 0 saturated heterocycles. The molecule has 0 spiro atoms. The SMILES string of the molecule is COC(=O)c1cc(CN=C(N)NC2CC2)oc1C. The van der Waals surface area contributed by atoms with Crippen molar-refractivity contribution in [2.45, 2.75) is 32.4 Å². The topological polar surface area (TPSA) is 89.8 Å². The Morgan fingerprint density at radius 3 is 3.00 bits per heavy atom. The number of guanidine groups is 1. The molecule has 0 aromatic carbocycles. The number of ether oxygens (including phenoxy) is 1. The number of nitrogens with two attached hydrogens (primary N) is 1. The number of rotatable bonds is 4. The van der Waals surface area contributed by atoms with E-state index in [4.69, 9.17) is 10.2 Å². The molecule has 18 heavy (non-hydrogen) atoms. The lowest BCUT2D eigenvalue weighted by atomic mass is 10.2. The van der Waals surface area contributed by atoms with E-state index >= 15 is 0 Å². The molecule has 98 valence electrons. The Labute approximate surface area is 105 Å². The largest absolute Gasteiger partial charge is 0.465 e. The molecule has 1 aromatic rings. The number of furan rings is 1. The fourth-order valence-electron chi connectivity index (χ4n) is 1.58. The van der Waals surface area contributed by atoms with Crippen LogP contribution in [0.2, 0.25) is 0 Å². The fraction of sp³-hybridized carbons (Fsp3) is 0.500. The molecular formula is C12H17N3O3. The molecule has 1 aliphatic rings. The first-order valence-corrected chi connectivity index (χ1v) is 5.84. The van der Waals surface area contributed by atoms with E-state index in [0.717, 1.165) is 12.8 Å². The molecule has 0 bridgehead atoms. The first-order chi connectivity index (χ1) is 8.60. The number of hydrogen-bond acceptors (Lipinski definition) is 4. The maximum absolute atomic E-state index is 11.4. The van der Waals surface area contributed by atoms with E-state index in [0.29, 0.717) is 35.6 Å². The summed E-state index contributed by atoms with van der Waals surface area (Å²) < 4.78 is 10.1. The lowest BCUT2D eigenvalue weighted by Crippen LogP contribution is -2.33. The van der Waals surface area contributed by atoms with Crippen molar-refractivity contribution < 1.29 is 13.9 Å². The Kier molecular flexibility index (Phi) is 3.55. The average Bonchev–Trinajstić information content (AvgIpc) is 3.07. The Hall–Kier alpha value is -1.98. The van der Waals surface area contributed by atoms with Crippen LogP contribution >= 0.6 is 0 Å². The van der Waals surface area contributed by atoms with Crippen molar-refractivity contribution in [1.29, 1.82) is 0 Å². The minimum Gasteiger partial charge on any atom is -0.465 e. The van der Waals surface area contributed by atoms with Crippen LogP contribution in [0.3, 0.4) is 0 Å². The van der Waals surface area contributed by atoms with Gasteiger partial charge in [0.05, 0.1) is 7.11 Å². The van der Waals surface area contributed by atoms with E-state index in [1.165, 1.54) is 7.11 Å². The van der Waals surface area contributed by atoms with Crippen molar-refractivity contribution in [2.75, 3.05) is 7.11 Å². The zero-order chi connectivity index (χ0) is 13.1. The number of esters is 1. The van der Waals surface area contributed by atoms with Gasteiger partial charge in [0.15, 0.2) is 5.96 Å². The van der Waals surface area contributed by atoms with Crippen LogP contribution in [0.1, 0.15) is 34.7 Å². The normalized spacial score (nSPS) is 15.6. The van der Waals surface area contributed by atoms with Crippen LogP contribution in [0.15, 0.2) is 15.5 Å². The van der Waals surface area contributed by atoms with Gasteiger partial charge < -0.3 is 20.2 Å². The quantitative estimate of drug-likeness (QED) is 0.472. The highest BCUT2D eigenvalue weighted by atomic mass is 16.5. The lowest BCUT2D eigenvalue weighted by Gasteiger charge is -2.01. The molecule has 1 fully saturated rings. The smallest absolute Gasteiger partial charge is 0.341 e. The van der Waals surface area contributed by atoms with E-state index in [1.807, 2.05) is 0 Å². The molecule has 3 N–H and O–H groups in total. The molecule has 6 nitrogen and oxygen atoms in total. The molecule has 1 aliphatic carbocycles. The van der Waals surface area contributed by atoms with Crippen molar-refractivity contribution in [3.63, 3.8) is 0 Å². The van der Waals surface area contributed by atoms with Gasteiger partial charge in [-0.15, -0.1) is 0 Å². The molecule has 2 rings (SSSR count). The summed E-state index contributed by atoms with van der Waals surface area (Å²) in [6.45, 7) is 2.02. The minimum atomic E-state index is -0.407. The Balaban J connectivity index is 1.98. The third kappa shape index (κ3) is 3.03. The second-order valence-corrected chi connectivity index (χ2v) is 4.29. The maximum Gasteiger partial charge on any atom is 0.341 e. The van der Waals surface area contributed by atoms with E-state index in [-0.39, 0.29) is 0 Å². The summed E-state index contributed by atoms with van der Waals surface area (Å²) in [6, 6.07) is 2.10. The Morgan fingerprint density at radius 2 is 2.39 bits per heavy atom. The molecule has 1 heterocycles. The maximum atomic E-state index is 11.4. The van der Waals surface area contributed by atoms with Gasteiger partial charge in [-0.3, -0.25) is 0 Å². The molecule has 0 atom stereocenters. The molecule has 0 unspecified atom stereocenters. The molecule has 0 radical (unpaired) electrons. The number of hydrogen-bond donors (Lipinski definition) is 2. The molecular weight excluding hydrogens is 234 g/mol. The first-order valence-electron chi connectivity index (χ1n) is 5.84. The van der Waals surface area contributed by atoms with Gasteiger partial charge in [0.25, 0.3) is 0 Å². The van der Waals surface area contributed by atoms with Crippen LogP contribution in [0.25, 0.3) is 0 Å². The third-order valence-corrected chi connectivity index (χ3v) is 2.71. The number of aryl methyl sites for hydroxylation is 1. The predicted octanol–water partition coefficient (Wildman–Crippen LogP) is 0.941. The van der Waals surface area contributed by atoms with Crippen LogP contribution in [0.4, 0.5) is 0 Å². The van der Waals surface area contributed by atoms with E-state index in [1.54, 1.807) is 13.0 Å². The number of carbonyl (C=O) groups is 1. The number of nitrogens with zero attached hydrogens (tertiary/aromatic N) is 1. The van der Waals surface area contributed by atoms with Gasteiger partial charge in [0.1, 0.15) is 23.6 Å². The van der Waals surface area contributed by atoms with Crippen molar-refractivity contribution in [3.05, 3.63) is 23.2 Å². The number of carbonyl (C=O) groups excluding carboxylic acids is 1.